The van der Waals surface area contributed by atoms with E-state index < -0.39 is 11.7 Å². The summed E-state index contributed by atoms with van der Waals surface area (Å²) in [5, 5.41) is 3.88. The SMILES string of the molecule is CN(C)c1noc(CN(Cc2ccc(C(F)(F)F)cc2)C2CC2)n1. The van der Waals surface area contributed by atoms with E-state index in [4.69, 9.17) is 4.52 Å². The van der Waals surface area contributed by atoms with Crippen molar-refractivity contribution >= 4 is 5.95 Å². The van der Waals surface area contributed by atoms with Gasteiger partial charge in [-0.3, -0.25) is 4.90 Å². The molecule has 8 heteroatoms. The number of halogens is 3. The van der Waals surface area contributed by atoms with Gasteiger partial charge in [-0.15, -0.1) is 0 Å². The number of aromatic nitrogens is 2. The first-order valence-electron chi connectivity index (χ1n) is 7.73. The van der Waals surface area contributed by atoms with E-state index in [1.807, 2.05) is 14.1 Å². The van der Waals surface area contributed by atoms with Gasteiger partial charge in [0.25, 0.3) is 5.95 Å². The minimum Gasteiger partial charge on any atom is -0.344 e. The first-order chi connectivity index (χ1) is 11.3. The standard InChI is InChI=1S/C16H19F3N4O/c1-22(2)15-20-14(24-21-15)10-23(13-7-8-13)9-11-3-5-12(6-4-11)16(17,18)19/h3-6,13H,7-10H2,1-2H3. The molecule has 0 spiro atoms. The zero-order valence-corrected chi connectivity index (χ0v) is 13.5. The molecule has 0 unspecified atom stereocenters. The van der Waals surface area contributed by atoms with Gasteiger partial charge in [-0.05, 0) is 35.7 Å². The van der Waals surface area contributed by atoms with Crippen molar-refractivity contribution in [1.29, 1.82) is 0 Å². The highest BCUT2D eigenvalue weighted by Gasteiger charge is 2.32. The molecule has 0 amide bonds. The van der Waals surface area contributed by atoms with Crippen LogP contribution in [-0.4, -0.2) is 35.2 Å². The Morgan fingerprint density at radius 1 is 1.12 bits per heavy atom. The van der Waals surface area contributed by atoms with Gasteiger partial charge >= 0.3 is 6.18 Å². The average molecular weight is 340 g/mol. The third-order valence-electron chi connectivity index (χ3n) is 3.93. The number of nitrogens with zero attached hydrogens (tertiary/aromatic N) is 4. The minimum atomic E-state index is -4.30. The fourth-order valence-corrected chi connectivity index (χ4v) is 2.45. The van der Waals surface area contributed by atoms with Gasteiger partial charge in [0.15, 0.2) is 0 Å². The lowest BCUT2D eigenvalue weighted by Crippen LogP contribution is -2.25. The normalized spacial score (nSPS) is 15.1. The molecule has 130 valence electrons. The Balaban J connectivity index is 1.68. The van der Waals surface area contributed by atoms with E-state index in [-0.39, 0.29) is 0 Å². The van der Waals surface area contributed by atoms with E-state index in [9.17, 15) is 13.2 Å². The molecule has 1 aliphatic rings. The molecule has 0 atom stereocenters. The zero-order valence-electron chi connectivity index (χ0n) is 13.5. The highest BCUT2D eigenvalue weighted by Crippen LogP contribution is 2.32. The summed E-state index contributed by atoms with van der Waals surface area (Å²) >= 11 is 0. The van der Waals surface area contributed by atoms with E-state index in [0.717, 1.165) is 30.5 Å². The van der Waals surface area contributed by atoms with Crippen LogP contribution in [0.5, 0.6) is 0 Å². The third-order valence-corrected chi connectivity index (χ3v) is 3.93. The quantitative estimate of drug-likeness (QED) is 0.807. The fourth-order valence-electron chi connectivity index (χ4n) is 2.45. The van der Waals surface area contributed by atoms with Crippen molar-refractivity contribution in [2.24, 2.45) is 0 Å². The van der Waals surface area contributed by atoms with E-state index >= 15 is 0 Å². The summed E-state index contributed by atoms with van der Waals surface area (Å²) in [5.74, 6) is 1.02. The molecule has 0 N–H and O–H groups in total. The topological polar surface area (TPSA) is 45.4 Å². The Morgan fingerprint density at radius 3 is 2.29 bits per heavy atom. The number of alkyl halides is 3. The van der Waals surface area contributed by atoms with Crippen LogP contribution >= 0.6 is 0 Å². The summed E-state index contributed by atoms with van der Waals surface area (Å²) in [6, 6.07) is 5.71. The lowest BCUT2D eigenvalue weighted by Gasteiger charge is -2.20. The molecule has 1 aromatic carbocycles. The first-order valence-corrected chi connectivity index (χ1v) is 7.73. The Bertz CT molecular complexity index is 677. The molecule has 1 saturated carbocycles. The van der Waals surface area contributed by atoms with Crippen LogP contribution in [0.25, 0.3) is 0 Å². The fraction of sp³-hybridized carbons (Fsp3) is 0.500. The summed E-state index contributed by atoms with van der Waals surface area (Å²) < 4.78 is 43.1. The van der Waals surface area contributed by atoms with Crippen LogP contribution in [-0.2, 0) is 19.3 Å². The smallest absolute Gasteiger partial charge is 0.344 e. The molecule has 1 aromatic heterocycles. The molecule has 1 fully saturated rings. The van der Waals surface area contributed by atoms with Gasteiger partial charge in [0.2, 0.25) is 5.89 Å². The summed E-state index contributed by atoms with van der Waals surface area (Å²) in [6.07, 6.45) is -2.15. The van der Waals surface area contributed by atoms with Gasteiger partial charge < -0.3 is 9.42 Å². The maximum atomic E-state index is 12.6. The van der Waals surface area contributed by atoms with Gasteiger partial charge in [0.05, 0.1) is 12.1 Å². The molecule has 0 radical (unpaired) electrons. The van der Waals surface area contributed by atoms with Gasteiger partial charge in [0, 0.05) is 26.7 Å². The Hall–Kier alpha value is -2.09. The van der Waals surface area contributed by atoms with Crippen molar-refractivity contribution in [2.75, 3.05) is 19.0 Å². The Labute approximate surface area is 138 Å². The predicted molar refractivity (Wildman–Crippen MR) is 82.3 cm³/mol. The second-order valence-corrected chi connectivity index (χ2v) is 6.21. The Kier molecular flexibility index (Phi) is 4.49. The number of benzene rings is 1. The van der Waals surface area contributed by atoms with Gasteiger partial charge in [-0.25, -0.2) is 0 Å². The minimum absolute atomic E-state index is 0.419. The lowest BCUT2D eigenvalue weighted by atomic mass is 10.1. The zero-order chi connectivity index (χ0) is 17.3. The molecule has 1 heterocycles. The van der Waals surface area contributed by atoms with E-state index in [1.165, 1.54) is 12.1 Å². The molecular formula is C16H19F3N4O. The van der Waals surface area contributed by atoms with Crippen molar-refractivity contribution in [3.63, 3.8) is 0 Å². The lowest BCUT2D eigenvalue weighted by molar-refractivity contribution is -0.137. The maximum absolute atomic E-state index is 12.6. The molecule has 24 heavy (non-hydrogen) atoms. The van der Waals surface area contributed by atoms with Gasteiger partial charge in [-0.1, -0.05) is 12.1 Å². The third kappa shape index (κ3) is 4.05. The van der Waals surface area contributed by atoms with Crippen molar-refractivity contribution < 1.29 is 17.7 Å². The number of anilines is 1. The van der Waals surface area contributed by atoms with Crippen LogP contribution in [0, 0.1) is 0 Å². The molecule has 0 bridgehead atoms. The molecule has 1 aliphatic carbocycles. The summed E-state index contributed by atoms with van der Waals surface area (Å²) in [7, 11) is 3.66. The van der Waals surface area contributed by atoms with Crippen molar-refractivity contribution in [1.82, 2.24) is 15.0 Å². The predicted octanol–water partition coefficient (Wildman–Crippen LogP) is 3.32. The van der Waals surface area contributed by atoms with E-state index in [1.54, 1.807) is 4.90 Å². The van der Waals surface area contributed by atoms with E-state index in [2.05, 4.69) is 15.0 Å². The summed E-state index contributed by atoms with van der Waals surface area (Å²) in [5.41, 5.74) is 0.207. The largest absolute Gasteiger partial charge is 0.416 e. The highest BCUT2D eigenvalue weighted by molar-refractivity contribution is 5.25. The Morgan fingerprint density at radius 2 is 1.79 bits per heavy atom. The molecule has 2 aromatic rings. The molecular weight excluding hydrogens is 321 g/mol. The van der Waals surface area contributed by atoms with Crippen molar-refractivity contribution in [2.45, 2.75) is 38.1 Å². The average Bonchev–Trinajstić information content (AvgIpc) is 3.25. The van der Waals surface area contributed by atoms with Crippen LogP contribution in [0.4, 0.5) is 19.1 Å². The van der Waals surface area contributed by atoms with Crippen LogP contribution in [0.1, 0.15) is 29.9 Å². The van der Waals surface area contributed by atoms with Crippen molar-refractivity contribution in [3.8, 4) is 0 Å². The number of rotatable bonds is 6. The van der Waals surface area contributed by atoms with Gasteiger partial charge in [0.1, 0.15) is 0 Å². The molecule has 0 saturated heterocycles. The molecule has 0 aliphatic heterocycles. The summed E-state index contributed by atoms with van der Waals surface area (Å²) in [6.45, 7) is 1.05. The van der Waals surface area contributed by atoms with Crippen LogP contribution in [0.15, 0.2) is 28.8 Å². The second kappa shape index (κ2) is 6.43. The second-order valence-electron chi connectivity index (χ2n) is 6.21. The number of hydrogen-bond donors (Lipinski definition) is 0. The van der Waals surface area contributed by atoms with Gasteiger partial charge in [-0.2, -0.15) is 18.2 Å². The van der Waals surface area contributed by atoms with Crippen LogP contribution < -0.4 is 4.90 Å². The van der Waals surface area contributed by atoms with Crippen LogP contribution in [0.3, 0.4) is 0 Å². The number of hydrogen-bond acceptors (Lipinski definition) is 5. The highest BCUT2D eigenvalue weighted by atomic mass is 19.4. The monoisotopic (exact) mass is 340 g/mol. The van der Waals surface area contributed by atoms with Crippen LogP contribution in [0.2, 0.25) is 0 Å². The van der Waals surface area contributed by atoms with E-state index in [0.29, 0.717) is 31.0 Å². The first kappa shape index (κ1) is 16.8. The van der Waals surface area contributed by atoms with Crippen molar-refractivity contribution in [3.05, 3.63) is 41.3 Å². The molecule has 3 rings (SSSR count). The maximum Gasteiger partial charge on any atom is 0.416 e. The molecule has 5 nitrogen and oxygen atoms in total. The summed E-state index contributed by atoms with van der Waals surface area (Å²) in [4.78, 5) is 8.22.